The van der Waals surface area contributed by atoms with Gasteiger partial charge in [0.2, 0.25) is 0 Å². The minimum absolute atomic E-state index is 0.0310. The maximum atomic E-state index is 13.1. The SMILES string of the molecule is CC(C)Oc1ccc(C(F)(F)F)cc1-n1c(N)c2c(cc1=O)C(=O)NC2=O. The van der Waals surface area contributed by atoms with E-state index < -0.39 is 41.0 Å². The minimum Gasteiger partial charge on any atom is -0.489 e. The molecule has 0 saturated carbocycles. The van der Waals surface area contributed by atoms with Gasteiger partial charge in [0, 0.05) is 6.07 Å². The molecule has 142 valence electrons. The Morgan fingerprint density at radius 1 is 1.11 bits per heavy atom. The average molecular weight is 381 g/mol. The number of carbonyl (C=O) groups is 2. The van der Waals surface area contributed by atoms with Crippen LogP contribution in [0.15, 0.2) is 29.1 Å². The Bertz CT molecular complexity index is 1030. The number of pyridine rings is 1. The van der Waals surface area contributed by atoms with Crippen LogP contribution < -0.4 is 21.3 Å². The van der Waals surface area contributed by atoms with E-state index in [1.165, 1.54) is 0 Å². The van der Waals surface area contributed by atoms with Gasteiger partial charge in [-0.05, 0) is 32.0 Å². The number of rotatable bonds is 3. The highest BCUT2D eigenvalue weighted by Crippen LogP contribution is 2.35. The highest BCUT2D eigenvalue weighted by molar-refractivity contribution is 6.23. The van der Waals surface area contributed by atoms with E-state index in [9.17, 15) is 27.6 Å². The van der Waals surface area contributed by atoms with Crippen LogP contribution in [0.1, 0.15) is 40.1 Å². The Morgan fingerprint density at radius 2 is 1.78 bits per heavy atom. The molecule has 0 atom stereocenters. The molecule has 1 aromatic heterocycles. The van der Waals surface area contributed by atoms with Crippen LogP contribution in [0, 0.1) is 0 Å². The van der Waals surface area contributed by atoms with Crippen molar-refractivity contribution in [1.29, 1.82) is 0 Å². The molecule has 10 heteroatoms. The van der Waals surface area contributed by atoms with Gasteiger partial charge in [-0.3, -0.25) is 24.3 Å². The molecule has 3 rings (SSSR count). The molecule has 27 heavy (non-hydrogen) atoms. The number of nitrogens with zero attached hydrogens (tertiary/aromatic N) is 1. The molecule has 0 saturated heterocycles. The Kier molecular flexibility index (Phi) is 4.21. The van der Waals surface area contributed by atoms with Crippen molar-refractivity contribution in [1.82, 2.24) is 9.88 Å². The molecular formula is C17H14F3N3O4. The topological polar surface area (TPSA) is 103 Å². The first kappa shape index (κ1) is 18.5. The number of hydrogen-bond acceptors (Lipinski definition) is 5. The number of anilines is 1. The van der Waals surface area contributed by atoms with Gasteiger partial charge in [-0.15, -0.1) is 0 Å². The van der Waals surface area contributed by atoms with Crippen LogP contribution in [0.25, 0.3) is 5.69 Å². The van der Waals surface area contributed by atoms with Crippen LogP contribution in [0.2, 0.25) is 0 Å². The molecule has 2 heterocycles. The summed E-state index contributed by atoms with van der Waals surface area (Å²) in [5, 5.41) is 1.99. The standard InChI is InChI=1S/C17H14F3N3O4/c1-7(2)27-11-4-3-8(17(18,19)20)5-10(11)23-12(24)6-9-13(14(23)21)16(26)22-15(9)25/h3-7H,21H2,1-2H3,(H,22,25,26). The minimum atomic E-state index is -4.67. The van der Waals surface area contributed by atoms with Crippen molar-refractivity contribution in [2.24, 2.45) is 0 Å². The van der Waals surface area contributed by atoms with Crippen molar-refractivity contribution in [3.05, 3.63) is 51.3 Å². The number of nitrogens with one attached hydrogen (secondary N) is 1. The summed E-state index contributed by atoms with van der Waals surface area (Å²) in [6.07, 6.45) is -5.08. The van der Waals surface area contributed by atoms with Gasteiger partial charge in [-0.2, -0.15) is 13.2 Å². The Balaban J connectivity index is 2.33. The summed E-state index contributed by atoms with van der Waals surface area (Å²) >= 11 is 0. The lowest BCUT2D eigenvalue weighted by atomic mass is 10.1. The Hall–Kier alpha value is -3.30. The molecule has 3 N–H and O–H groups in total. The molecule has 0 fully saturated rings. The van der Waals surface area contributed by atoms with Crippen LogP contribution >= 0.6 is 0 Å². The number of nitrogens with two attached hydrogens (primary N) is 1. The predicted octanol–water partition coefficient (Wildman–Crippen LogP) is 2.11. The second-order valence-electron chi connectivity index (χ2n) is 6.12. The molecule has 2 aromatic rings. The lowest BCUT2D eigenvalue weighted by Gasteiger charge is -2.19. The number of fused-ring (bicyclic) bond motifs is 1. The maximum absolute atomic E-state index is 13.1. The van der Waals surface area contributed by atoms with E-state index in [4.69, 9.17) is 10.5 Å². The van der Waals surface area contributed by atoms with Crippen LogP contribution in [0.3, 0.4) is 0 Å². The van der Waals surface area contributed by atoms with Gasteiger partial charge in [-0.1, -0.05) is 0 Å². The quantitative estimate of drug-likeness (QED) is 0.793. The molecular weight excluding hydrogens is 367 g/mol. The fraction of sp³-hybridized carbons (Fsp3) is 0.235. The number of ether oxygens (including phenoxy) is 1. The third kappa shape index (κ3) is 3.14. The van der Waals surface area contributed by atoms with Crippen molar-refractivity contribution in [2.45, 2.75) is 26.1 Å². The summed E-state index contributed by atoms with van der Waals surface area (Å²) < 4.78 is 45.7. The van der Waals surface area contributed by atoms with Crippen molar-refractivity contribution < 1.29 is 27.5 Å². The van der Waals surface area contributed by atoms with E-state index in [1.807, 2.05) is 5.32 Å². The molecule has 2 amide bonds. The fourth-order valence-electron chi connectivity index (χ4n) is 2.75. The lowest BCUT2D eigenvalue weighted by Crippen LogP contribution is -2.25. The smallest absolute Gasteiger partial charge is 0.416 e. The highest BCUT2D eigenvalue weighted by Gasteiger charge is 2.34. The van der Waals surface area contributed by atoms with E-state index in [0.29, 0.717) is 6.07 Å². The summed E-state index contributed by atoms with van der Waals surface area (Å²) in [6, 6.07) is 3.44. The number of imide groups is 1. The summed E-state index contributed by atoms with van der Waals surface area (Å²) in [7, 11) is 0. The number of halogens is 3. The first-order valence-electron chi connectivity index (χ1n) is 7.80. The number of carbonyl (C=O) groups excluding carboxylic acids is 2. The number of benzene rings is 1. The molecule has 1 aliphatic heterocycles. The zero-order chi connectivity index (χ0) is 20.1. The molecule has 0 aliphatic carbocycles. The summed E-state index contributed by atoms with van der Waals surface area (Å²) in [5.74, 6) is -2.11. The van der Waals surface area contributed by atoms with E-state index in [2.05, 4.69) is 0 Å². The molecule has 1 aromatic carbocycles. The second-order valence-corrected chi connectivity index (χ2v) is 6.12. The first-order valence-corrected chi connectivity index (χ1v) is 7.80. The van der Waals surface area contributed by atoms with Gasteiger partial charge in [0.15, 0.2) is 0 Å². The molecule has 0 spiro atoms. The average Bonchev–Trinajstić information content (AvgIpc) is 2.81. The monoisotopic (exact) mass is 381 g/mol. The van der Waals surface area contributed by atoms with Gasteiger partial charge in [0.25, 0.3) is 17.4 Å². The van der Waals surface area contributed by atoms with Crippen molar-refractivity contribution in [2.75, 3.05) is 5.73 Å². The number of hydrogen-bond donors (Lipinski definition) is 2. The van der Waals surface area contributed by atoms with Crippen LogP contribution in [-0.4, -0.2) is 22.5 Å². The van der Waals surface area contributed by atoms with E-state index >= 15 is 0 Å². The fourth-order valence-corrected chi connectivity index (χ4v) is 2.75. The van der Waals surface area contributed by atoms with E-state index in [-0.39, 0.29) is 22.6 Å². The van der Waals surface area contributed by atoms with Gasteiger partial charge >= 0.3 is 6.18 Å². The number of alkyl halides is 3. The van der Waals surface area contributed by atoms with E-state index in [0.717, 1.165) is 22.8 Å². The zero-order valence-corrected chi connectivity index (χ0v) is 14.2. The molecule has 0 unspecified atom stereocenters. The zero-order valence-electron chi connectivity index (χ0n) is 14.2. The molecule has 7 nitrogen and oxygen atoms in total. The van der Waals surface area contributed by atoms with Gasteiger partial charge < -0.3 is 10.5 Å². The van der Waals surface area contributed by atoms with Crippen LogP contribution in [-0.2, 0) is 6.18 Å². The first-order chi connectivity index (χ1) is 12.5. The summed E-state index contributed by atoms with van der Waals surface area (Å²) in [4.78, 5) is 36.2. The molecule has 0 radical (unpaired) electrons. The van der Waals surface area contributed by atoms with Crippen LogP contribution in [0.4, 0.5) is 19.0 Å². The van der Waals surface area contributed by atoms with Gasteiger partial charge in [0.1, 0.15) is 11.6 Å². The highest BCUT2D eigenvalue weighted by atomic mass is 19.4. The third-order valence-electron chi connectivity index (χ3n) is 3.84. The molecule has 1 aliphatic rings. The van der Waals surface area contributed by atoms with Crippen LogP contribution in [0.5, 0.6) is 5.75 Å². The Morgan fingerprint density at radius 3 is 2.37 bits per heavy atom. The normalized spacial score (nSPS) is 13.7. The molecule has 0 bridgehead atoms. The van der Waals surface area contributed by atoms with Gasteiger partial charge in [-0.25, -0.2) is 0 Å². The lowest BCUT2D eigenvalue weighted by molar-refractivity contribution is -0.137. The summed E-state index contributed by atoms with van der Waals surface area (Å²) in [6.45, 7) is 3.31. The maximum Gasteiger partial charge on any atom is 0.416 e. The summed E-state index contributed by atoms with van der Waals surface area (Å²) in [5.41, 5.74) is 3.22. The number of aromatic nitrogens is 1. The van der Waals surface area contributed by atoms with Crippen molar-refractivity contribution in [3.8, 4) is 11.4 Å². The van der Waals surface area contributed by atoms with Crippen molar-refractivity contribution in [3.63, 3.8) is 0 Å². The largest absolute Gasteiger partial charge is 0.489 e. The van der Waals surface area contributed by atoms with E-state index in [1.54, 1.807) is 13.8 Å². The number of nitrogen functional groups attached to an aromatic ring is 1. The second kappa shape index (κ2) is 6.15. The van der Waals surface area contributed by atoms with Crippen molar-refractivity contribution >= 4 is 17.6 Å². The van der Waals surface area contributed by atoms with Gasteiger partial charge in [0.05, 0.1) is 28.5 Å². The predicted molar refractivity (Wildman–Crippen MR) is 89.0 cm³/mol. The number of amides is 2. The third-order valence-corrected chi connectivity index (χ3v) is 3.84. The Labute approximate surface area is 150 Å².